The van der Waals surface area contributed by atoms with Crippen molar-refractivity contribution >= 4 is 27.3 Å². The molecule has 0 spiro atoms. The Bertz CT molecular complexity index is 370. The summed E-state index contributed by atoms with van der Waals surface area (Å²) in [4.78, 5) is 2.23. The monoisotopic (exact) mass is 284 g/mol. The van der Waals surface area contributed by atoms with E-state index in [9.17, 15) is 5.11 Å². The Balaban J connectivity index is 2.30. The van der Waals surface area contributed by atoms with Crippen molar-refractivity contribution in [3.63, 3.8) is 0 Å². The average Bonchev–Trinajstić information content (AvgIpc) is 2.32. The minimum absolute atomic E-state index is 0.200. The van der Waals surface area contributed by atoms with E-state index >= 15 is 0 Å². The van der Waals surface area contributed by atoms with Crippen molar-refractivity contribution in [1.29, 1.82) is 0 Å². The van der Waals surface area contributed by atoms with Gasteiger partial charge in [0.2, 0.25) is 0 Å². The SMILES string of the molecule is Nc1ccc(Br)cc1N1CCCCC1CO. The highest BCUT2D eigenvalue weighted by Gasteiger charge is 2.23. The van der Waals surface area contributed by atoms with Gasteiger partial charge in [0.05, 0.1) is 24.0 Å². The van der Waals surface area contributed by atoms with E-state index in [1.54, 1.807) is 0 Å². The first-order chi connectivity index (χ1) is 7.72. The van der Waals surface area contributed by atoms with Crippen LogP contribution in [0.15, 0.2) is 22.7 Å². The van der Waals surface area contributed by atoms with Crippen LogP contribution in [0.2, 0.25) is 0 Å². The number of nitrogens with two attached hydrogens (primary N) is 1. The number of benzene rings is 1. The molecular formula is C12H17BrN2O. The first kappa shape index (κ1) is 11.7. The normalized spacial score (nSPS) is 21.1. The molecule has 88 valence electrons. The van der Waals surface area contributed by atoms with Gasteiger partial charge in [-0.15, -0.1) is 0 Å². The fraction of sp³-hybridized carbons (Fsp3) is 0.500. The summed E-state index contributed by atoms with van der Waals surface area (Å²) in [5, 5.41) is 9.39. The summed E-state index contributed by atoms with van der Waals surface area (Å²) in [5.41, 5.74) is 7.81. The van der Waals surface area contributed by atoms with Crippen LogP contribution in [0.25, 0.3) is 0 Å². The van der Waals surface area contributed by atoms with Crippen LogP contribution >= 0.6 is 15.9 Å². The third kappa shape index (κ3) is 2.33. The molecule has 1 aliphatic heterocycles. The van der Waals surface area contributed by atoms with Crippen molar-refractivity contribution < 1.29 is 5.11 Å². The van der Waals surface area contributed by atoms with Crippen molar-refractivity contribution in [2.24, 2.45) is 0 Å². The van der Waals surface area contributed by atoms with Crippen molar-refractivity contribution in [2.45, 2.75) is 25.3 Å². The van der Waals surface area contributed by atoms with E-state index in [0.29, 0.717) is 0 Å². The summed E-state index contributed by atoms with van der Waals surface area (Å²) in [6, 6.07) is 6.09. The van der Waals surface area contributed by atoms with Gasteiger partial charge in [0.25, 0.3) is 0 Å². The fourth-order valence-corrected chi connectivity index (χ4v) is 2.62. The van der Waals surface area contributed by atoms with Gasteiger partial charge in [-0.2, -0.15) is 0 Å². The van der Waals surface area contributed by atoms with Crippen LogP contribution in [0.1, 0.15) is 19.3 Å². The highest BCUT2D eigenvalue weighted by molar-refractivity contribution is 9.10. The molecule has 1 aromatic rings. The lowest BCUT2D eigenvalue weighted by Gasteiger charge is -2.37. The minimum Gasteiger partial charge on any atom is -0.397 e. The molecule has 1 aromatic carbocycles. The summed E-state index contributed by atoms with van der Waals surface area (Å²) in [7, 11) is 0. The summed E-state index contributed by atoms with van der Waals surface area (Å²) in [6.07, 6.45) is 3.40. The summed E-state index contributed by atoms with van der Waals surface area (Å²) in [5.74, 6) is 0. The lowest BCUT2D eigenvalue weighted by molar-refractivity contribution is 0.240. The van der Waals surface area contributed by atoms with Gasteiger partial charge >= 0.3 is 0 Å². The Labute approximate surface area is 104 Å². The van der Waals surface area contributed by atoms with E-state index in [2.05, 4.69) is 20.8 Å². The number of piperidine rings is 1. The van der Waals surface area contributed by atoms with Crippen molar-refractivity contribution in [1.82, 2.24) is 0 Å². The smallest absolute Gasteiger partial charge is 0.0635 e. The molecule has 1 saturated heterocycles. The number of rotatable bonds is 2. The molecule has 1 aliphatic rings. The van der Waals surface area contributed by atoms with Crippen molar-refractivity contribution in [3.8, 4) is 0 Å². The molecule has 1 heterocycles. The quantitative estimate of drug-likeness (QED) is 0.820. The lowest BCUT2D eigenvalue weighted by Crippen LogP contribution is -2.42. The van der Waals surface area contributed by atoms with Gasteiger partial charge in [-0.05, 0) is 37.5 Å². The van der Waals surface area contributed by atoms with Crippen LogP contribution in [-0.4, -0.2) is 24.3 Å². The highest BCUT2D eigenvalue weighted by Crippen LogP contribution is 2.31. The van der Waals surface area contributed by atoms with Crippen molar-refractivity contribution in [2.75, 3.05) is 23.8 Å². The molecule has 1 fully saturated rings. The second kappa shape index (κ2) is 5.06. The number of aliphatic hydroxyl groups excluding tert-OH is 1. The maximum absolute atomic E-state index is 9.39. The van der Waals surface area contributed by atoms with Crippen LogP contribution in [0.4, 0.5) is 11.4 Å². The number of hydrogen-bond acceptors (Lipinski definition) is 3. The van der Waals surface area contributed by atoms with Crippen LogP contribution in [0, 0.1) is 0 Å². The van der Waals surface area contributed by atoms with Gasteiger partial charge in [-0.3, -0.25) is 0 Å². The van der Waals surface area contributed by atoms with Crippen LogP contribution in [-0.2, 0) is 0 Å². The number of hydrogen-bond donors (Lipinski definition) is 2. The van der Waals surface area contributed by atoms with Crippen LogP contribution in [0.3, 0.4) is 0 Å². The zero-order valence-corrected chi connectivity index (χ0v) is 10.8. The predicted octanol–water partition coefficient (Wildman–Crippen LogP) is 2.38. The second-order valence-electron chi connectivity index (χ2n) is 4.23. The molecule has 0 amide bonds. The first-order valence-electron chi connectivity index (χ1n) is 5.65. The van der Waals surface area contributed by atoms with E-state index in [0.717, 1.165) is 28.8 Å². The molecule has 0 bridgehead atoms. The predicted molar refractivity (Wildman–Crippen MR) is 70.6 cm³/mol. The Morgan fingerprint density at radius 2 is 2.25 bits per heavy atom. The van der Waals surface area contributed by atoms with E-state index in [1.165, 1.54) is 12.8 Å². The molecule has 3 nitrogen and oxygen atoms in total. The number of nitrogens with zero attached hydrogens (tertiary/aromatic N) is 1. The van der Waals surface area contributed by atoms with E-state index in [4.69, 9.17) is 5.73 Å². The van der Waals surface area contributed by atoms with Gasteiger partial charge in [0.1, 0.15) is 0 Å². The van der Waals surface area contributed by atoms with Crippen LogP contribution in [0.5, 0.6) is 0 Å². The van der Waals surface area contributed by atoms with Crippen LogP contribution < -0.4 is 10.6 Å². The molecule has 0 radical (unpaired) electrons. The van der Waals surface area contributed by atoms with Gasteiger partial charge in [-0.25, -0.2) is 0 Å². The lowest BCUT2D eigenvalue weighted by atomic mass is 10.0. The third-order valence-electron chi connectivity index (χ3n) is 3.14. The number of anilines is 2. The third-order valence-corrected chi connectivity index (χ3v) is 3.63. The summed E-state index contributed by atoms with van der Waals surface area (Å²) < 4.78 is 1.03. The fourth-order valence-electron chi connectivity index (χ4n) is 2.27. The zero-order chi connectivity index (χ0) is 11.5. The largest absolute Gasteiger partial charge is 0.397 e. The van der Waals surface area contributed by atoms with Gasteiger partial charge in [0, 0.05) is 11.0 Å². The highest BCUT2D eigenvalue weighted by atomic mass is 79.9. The van der Waals surface area contributed by atoms with E-state index in [-0.39, 0.29) is 12.6 Å². The molecular weight excluding hydrogens is 268 g/mol. The topological polar surface area (TPSA) is 49.5 Å². The van der Waals surface area contributed by atoms with Gasteiger partial charge < -0.3 is 15.7 Å². The Hall–Kier alpha value is -0.740. The molecule has 0 saturated carbocycles. The van der Waals surface area contributed by atoms with Gasteiger partial charge in [-0.1, -0.05) is 15.9 Å². The zero-order valence-electron chi connectivity index (χ0n) is 9.19. The average molecular weight is 285 g/mol. The molecule has 1 atom stereocenters. The molecule has 3 N–H and O–H groups in total. The second-order valence-corrected chi connectivity index (χ2v) is 5.14. The molecule has 2 rings (SSSR count). The Kier molecular flexibility index (Phi) is 3.71. The maximum atomic E-state index is 9.39. The standard InChI is InChI=1S/C12H17BrN2O/c13-9-4-5-11(14)12(7-9)15-6-2-1-3-10(15)8-16/h4-5,7,10,16H,1-3,6,8,14H2. The maximum Gasteiger partial charge on any atom is 0.0635 e. The van der Waals surface area contributed by atoms with Crippen molar-refractivity contribution in [3.05, 3.63) is 22.7 Å². The number of halogens is 1. The molecule has 0 aliphatic carbocycles. The Morgan fingerprint density at radius 3 is 3.00 bits per heavy atom. The molecule has 1 unspecified atom stereocenters. The first-order valence-corrected chi connectivity index (χ1v) is 6.44. The van der Waals surface area contributed by atoms with Gasteiger partial charge in [0.15, 0.2) is 0 Å². The molecule has 16 heavy (non-hydrogen) atoms. The van der Waals surface area contributed by atoms with E-state index < -0.39 is 0 Å². The molecule has 0 aromatic heterocycles. The number of nitrogen functional groups attached to an aromatic ring is 1. The number of aliphatic hydroxyl groups is 1. The van der Waals surface area contributed by atoms with E-state index in [1.807, 2.05) is 18.2 Å². The summed E-state index contributed by atoms with van der Waals surface area (Å²) in [6.45, 7) is 1.18. The summed E-state index contributed by atoms with van der Waals surface area (Å²) >= 11 is 3.46. The minimum atomic E-state index is 0.200. The Morgan fingerprint density at radius 1 is 1.44 bits per heavy atom. The molecule has 4 heteroatoms.